The fraction of sp³-hybridized carbons (Fsp3) is 0. The minimum atomic E-state index is 0.108. The highest BCUT2D eigenvalue weighted by Crippen LogP contribution is 2.31. The Morgan fingerprint density at radius 1 is 1.33 bits per heavy atom. The lowest BCUT2D eigenvalue weighted by atomic mass is 10.2. The Balaban J connectivity index is 2.59. The zero-order chi connectivity index (χ0) is 8.39. The van der Waals surface area contributed by atoms with Crippen LogP contribution in [0, 0.1) is 0 Å². The number of fused-ring (bicyclic) bond motifs is 1. The zero-order valence-corrected chi connectivity index (χ0v) is 6.27. The topological polar surface area (TPSA) is 41.8 Å². The monoisotopic (exact) mass is 161 g/mol. The van der Waals surface area contributed by atoms with E-state index in [9.17, 15) is 5.11 Å². The molecule has 0 radical (unpaired) electrons. The number of nitrogens with zero attached hydrogens (tertiary/aromatic N) is 1. The highest BCUT2D eigenvalue weighted by atomic mass is 16.6. The molecule has 0 atom stereocenters. The highest BCUT2D eigenvalue weighted by molar-refractivity contribution is 5.80. The number of phenols is 1. The number of oxime groups is 1. The van der Waals surface area contributed by atoms with Crippen molar-refractivity contribution < 1.29 is 9.94 Å². The lowest BCUT2D eigenvalue weighted by molar-refractivity contribution is 0.321. The van der Waals surface area contributed by atoms with Crippen LogP contribution in [0.3, 0.4) is 0 Å². The number of para-hydroxylation sites is 1. The maximum Gasteiger partial charge on any atom is 0.206 e. The smallest absolute Gasteiger partial charge is 0.206 e. The largest absolute Gasteiger partial charge is 0.504 e. The van der Waals surface area contributed by atoms with Crippen molar-refractivity contribution in [3.05, 3.63) is 29.8 Å². The molecular formula is C9H7NO2. The summed E-state index contributed by atoms with van der Waals surface area (Å²) in [4.78, 5) is 4.94. The lowest BCUT2D eigenvalue weighted by Crippen LogP contribution is -1.84. The molecule has 0 spiro atoms. The molecule has 0 aromatic heterocycles. The summed E-state index contributed by atoms with van der Waals surface area (Å²) < 4.78 is 0. The number of rotatable bonds is 0. The van der Waals surface area contributed by atoms with E-state index in [0.29, 0.717) is 5.75 Å². The van der Waals surface area contributed by atoms with E-state index in [0.717, 1.165) is 5.56 Å². The van der Waals surface area contributed by atoms with Crippen molar-refractivity contribution in [3.63, 3.8) is 0 Å². The van der Waals surface area contributed by atoms with Gasteiger partial charge >= 0.3 is 0 Å². The molecule has 0 bridgehead atoms. The third kappa shape index (κ3) is 1.05. The van der Waals surface area contributed by atoms with Crippen LogP contribution in [0.15, 0.2) is 29.4 Å². The summed E-state index contributed by atoms with van der Waals surface area (Å²) in [6.07, 6.45) is 5.11. The fourth-order valence-electron chi connectivity index (χ4n) is 1.04. The van der Waals surface area contributed by atoms with Crippen LogP contribution >= 0.6 is 0 Å². The van der Waals surface area contributed by atoms with Crippen LogP contribution in [-0.4, -0.2) is 11.3 Å². The van der Waals surface area contributed by atoms with E-state index in [4.69, 9.17) is 4.84 Å². The summed E-state index contributed by atoms with van der Waals surface area (Å²) >= 11 is 0. The fourth-order valence-corrected chi connectivity index (χ4v) is 1.04. The van der Waals surface area contributed by atoms with Gasteiger partial charge in [0.1, 0.15) is 0 Å². The van der Waals surface area contributed by atoms with E-state index < -0.39 is 0 Å². The number of hydrogen-bond donors (Lipinski definition) is 1. The molecule has 2 rings (SSSR count). The molecule has 3 heteroatoms. The van der Waals surface area contributed by atoms with Crippen LogP contribution in [0.4, 0.5) is 0 Å². The molecule has 0 fully saturated rings. The van der Waals surface area contributed by atoms with Gasteiger partial charge in [-0.2, -0.15) is 0 Å². The number of aromatic hydroxyl groups is 1. The molecule has 0 saturated heterocycles. The summed E-state index contributed by atoms with van der Waals surface area (Å²) in [6.45, 7) is 0. The molecule has 0 aliphatic carbocycles. The normalized spacial score (nSPS) is 13.3. The molecule has 12 heavy (non-hydrogen) atoms. The summed E-state index contributed by atoms with van der Waals surface area (Å²) in [5, 5.41) is 12.9. The second kappa shape index (κ2) is 2.70. The first-order chi connectivity index (χ1) is 5.88. The molecule has 1 heterocycles. The van der Waals surface area contributed by atoms with Gasteiger partial charge in [0.2, 0.25) is 5.75 Å². The molecule has 0 saturated carbocycles. The second-order valence-corrected chi connectivity index (χ2v) is 2.40. The van der Waals surface area contributed by atoms with Gasteiger partial charge in [-0.25, -0.2) is 0 Å². The van der Waals surface area contributed by atoms with Gasteiger partial charge in [-0.05, 0) is 18.2 Å². The molecule has 1 aromatic rings. The van der Waals surface area contributed by atoms with Gasteiger partial charge in [0.25, 0.3) is 0 Å². The van der Waals surface area contributed by atoms with E-state index >= 15 is 0 Å². The predicted molar refractivity (Wildman–Crippen MR) is 46.3 cm³/mol. The quantitative estimate of drug-likeness (QED) is 0.630. The second-order valence-electron chi connectivity index (χ2n) is 2.40. The molecule has 60 valence electrons. The van der Waals surface area contributed by atoms with Gasteiger partial charge in [-0.1, -0.05) is 17.3 Å². The third-order valence-electron chi connectivity index (χ3n) is 1.59. The van der Waals surface area contributed by atoms with Gasteiger partial charge in [-0.15, -0.1) is 0 Å². The molecule has 3 nitrogen and oxygen atoms in total. The Hall–Kier alpha value is -1.77. The van der Waals surface area contributed by atoms with Crippen LogP contribution in [0.25, 0.3) is 6.08 Å². The van der Waals surface area contributed by atoms with E-state index in [1.165, 1.54) is 6.21 Å². The minimum Gasteiger partial charge on any atom is -0.504 e. The molecule has 1 aliphatic rings. The maximum absolute atomic E-state index is 9.35. The number of phenolic OH excluding ortho intramolecular Hbond substituents is 1. The molecule has 1 aromatic carbocycles. The highest BCUT2D eigenvalue weighted by Gasteiger charge is 2.07. The van der Waals surface area contributed by atoms with Gasteiger partial charge in [0, 0.05) is 5.56 Å². The first kappa shape index (κ1) is 6.91. The van der Waals surface area contributed by atoms with Crippen molar-refractivity contribution in [1.29, 1.82) is 0 Å². The Kier molecular flexibility index (Phi) is 1.55. The van der Waals surface area contributed by atoms with Crippen molar-refractivity contribution in [2.75, 3.05) is 0 Å². The van der Waals surface area contributed by atoms with Gasteiger partial charge in [0.15, 0.2) is 5.75 Å². The molecule has 1 aliphatic heterocycles. The average Bonchev–Trinajstić information content (AvgIpc) is 2.30. The number of allylic oxidation sites excluding steroid dienone is 1. The Labute approximate surface area is 69.6 Å². The molecule has 0 unspecified atom stereocenters. The Morgan fingerprint density at radius 3 is 3.17 bits per heavy atom. The van der Waals surface area contributed by atoms with Crippen LogP contribution in [-0.2, 0) is 0 Å². The van der Waals surface area contributed by atoms with Crippen molar-refractivity contribution in [3.8, 4) is 11.5 Å². The van der Waals surface area contributed by atoms with Gasteiger partial charge < -0.3 is 9.94 Å². The summed E-state index contributed by atoms with van der Waals surface area (Å²) in [5.41, 5.74) is 0.826. The zero-order valence-electron chi connectivity index (χ0n) is 6.27. The van der Waals surface area contributed by atoms with Crippen molar-refractivity contribution >= 4 is 12.3 Å². The van der Waals surface area contributed by atoms with Crippen LogP contribution in [0.1, 0.15) is 5.56 Å². The van der Waals surface area contributed by atoms with Crippen molar-refractivity contribution in [1.82, 2.24) is 0 Å². The number of hydrogen-bond acceptors (Lipinski definition) is 3. The van der Waals surface area contributed by atoms with E-state index in [1.807, 2.05) is 12.1 Å². The minimum absolute atomic E-state index is 0.108. The van der Waals surface area contributed by atoms with Crippen molar-refractivity contribution in [2.45, 2.75) is 0 Å². The molecular weight excluding hydrogens is 154 g/mol. The van der Waals surface area contributed by atoms with Gasteiger partial charge in [0.05, 0.1) is 6.21 Å². The molecule has 1 N–H and O–H groups in total. The molecule has 0 amide bonds. The number of benzene rings is 1. The Morgan fingerprint density at radius 2 is 2.25 bits per heavy atom. The Bertz CT molecular complexity index is 356. The van der Waals surface area contributed by atoms with E-state index in [1.54, 1.807) is 18.2 Å². The summed E-state index contributed by atoms with van der Waals surface area (Å²) in [6, 6.07) is 5.17. The van der Waals surface area contributed by atoms with E-state index in [2.05, 4.69) is 5.16 Å². The van der Waals surface area contributed by atoms with Crippen LogP contribution < -0.4 is 4.84 Å². The summed E-state index contributed by atoms with van der Waals surface area (Å²) in [5.74, 6) is 0.513. The average molecular weight is 161 g/mol. The third-order valence-corrected chi connectivity index (χ3v) is 1.59. The van der Waals surface area contributed by atoms with Crippen molar-refractivity contribution in [2.24, 2.45) is 5.16 Å². The maximum atomic E-state index is 9.35. The standard InChI is InChI=1S/C9H7NO2/c11-8-5-1-3-7-4-2-6-10-12-9(7)8/h1-6,11H. The lowest BCUT2D eigenvalue weighted by Gasteiger charge is -2.02. The first-order valence-electron chi connectivity index (χ1n) is 3.57. The van der Waals surface area contributed by atoms with Gasteiger partial charge in [-0.3, -0.25) is 0 Å². The predicted octanol–water partition coefficient (Wildman–Crippen LogP) is 1.78. The van der Waals surface area contributed by atoms with Crippen LogP contribution in [0.5, 0.6) is 11.5 Å². The van der Waals surface area contributed by atoms with Crippen LogP contribution in [0.2, 0.25) is 0 Å². The van der Waals surface area contributed by atoms with E-state index in [-0.39, 0.29) is 5.75 Å². The SMILES string of the molecule is Oc1cccc2c1ON=CC=C2. The summed E-state index contributed by atoms with van der Waals surface area (Å²) in [7, 11) is 0. The first-order valence-corrected chi connectivity index (χ1v) is 3.57.